The van der Waals surface area contributed by atoms with Crippen molar-refractivity contribution in [2.24, 2.45) is 0 Å². The number of amides is 1. The third kappa shape index (κ3) is 2.41. The highest BCUT2D eigenvalue weighted by atomic mass is 32.2. The summed E-state index contributed by atoms with van der Waals surface area (Å²) in [5.74, 6) is -0.256. The van der Waals surface area contributed by atoms with E-state index in [9.17, 15) is 14.9 Å². The summed E-state index contributed by atoms with van der Waals surface area (Å²) in [4.78, 5) is 22.3. The zero-order chi connectivity index (χ0) is 13.3. The molecule has 1 aromatic rings. The Balaban J connectivity index is 2.45. The highest BCUT2D eigenvalue weighted by Crippen LogP contribution is 2.32. The average Bonchev–Trinajstić information content (AvgIpc) is 2.67. The van der Waals surface area contributed by atoms with Crippen LogP contribution in [0.15, 0.2) is 29.2 Å². The molecule has 0 bridgehead atoms. The Hall–Kier alpha value is -1.73. The van der Waals surface area contributed by atoms with Crippen molar-refractivity contribution in [1.82, 2.24) is 5.32 Å². The number of thioether (sulfide) groups is 1. The molecular formula is C11H8N2O3S2. The van der Waals surface area contributed by atoms with Gasteiger partial charge in [-0.1, -0.05) is 36.1 Å². The molecule has 0 radical (unpaired) electrons. The lowest BCUT2D eigenvalue weighted by atomic mass is 10.1. The van der Waals surface area contributed by atoms with Gasteiger partial charge < -0.3 is 5.32 Å². The molecule has 1 N–H and O–H groups in total. The van der Waals surface area contributed by atoms with Crippen LogP contribution in [0.3, 0.4) is 0 Å². The maximum atomic E-state index is 11.6. The molecule has 0 aromatic heterocycles. The molecule has 18 heavy (non-hydrogen) atoms. The van der Waals surface area contributed by atoms with Crippen LogP contribution in [0.2, 0.25) is 0 Å². The SMILES string of the molecule is C/C(=C1\SC(=S)NC1=O)c1cccc([N+](=O)[O-])c1. The van der Waals surface area contributed by atoms with Gasteiger partial charge in [-0.25, -0.2) is 0 Å². The van der Waals surface area contributed by atoms with Crippen LogP contribution in [-0.4, -0.2) is 15.2 Å². The fourth-order valence-electron chi connectivity index (χ4n) is 1.54. The lowest BCUT2D eigenvalue weighted by Gasteiger charge is -2.03. The number of rotatable bonds is 2. The van der Waals surface area contributed by atoms with Crippen molar-refractivity contribution in [2.45, 2.75) is 6.92 Å². The van der Waals surface area contributed by atoms with E-state index in [0.717, 1.165) is 0 Å². The van der Waals surface area contributed by atoms with E-state index in [-0.39, 0.29) is 11.6 Å². The largest absolute Gasteiger partial charge is 0.307 e. The number of hydrogen-bond donors (Lipinski definition) is 1. The van der Waals surface area contributed by atoms with Gasteiger partial charge in [0.05, 0.1) is 9.83 Å². The molecule has 0 unspecified atom stereocenters. The first-order chi connectivity index (χ1) is 8.49. The maximum Gasteiger partial charge on any atom is 0.270 e. The summed E-state index contributed by atoms with van der Waals surface area (Å²) in [7, 11) is 0. The molecule has 1 aliphatic heterocycles. The van der Waals surface area contributed by atoms with E-state index >= 15 is 0 Å². The van der Waals surface area contributed by atoms with E-state index in [2.05, 4.69) is 5.32 Å². The lowest BCUT2D eigenvalue weighted by Crippen LogP contribution is -2.18. The van der Waals surface area contributed by atoms with Gasteiger partial charge in [-0.2, -0.15) is 0 Å². The summed E-state index contributed by atoms with van der Waals surface area (Å²) in [6.07, 6.45) is 0. The zero-order valence-corrected chi connectivity index (χ0v) is 10.9. The molecule has 7 heteroatoms. The molecule has 1 saturated heterocycles. The van der Waals surface area contributed by atoms with Gasteiger partial charge in [-0.15, -0.1) is 0 Å². The second kappa shape index (κ2) is 4.87. The van der Waals surface area contributed by atoms with Crippen LogP contribution in [0.1, 0.15) is 12.5 Å². The van der Waals surface area contributed by atoms with E-state index in [0.29, 0.717) is 20.4 Å². The van der Waals surface area contributed by atoms with Crippen LogP contribution in [0.4, 0.5) is 5.69 Å². The number of non-ortho nitro benzene ring substituents is 1. The Kier molecular flexibility index (Phi) is 3.44. The Bertz CT molecular complexity index is 596. The number of carbonyl (C=O) groups is 1. The third-order valence-electron chi connectivity index (χ3n) is 2.45. The number of nitro benzene ring substituents is 1. The number of hydrogen-bond acceptors (Lipinski definition) is 5. The number of nitrogens with one attached hydrogen (secondary N) is 1. The molecular weight excluding hydrogens is 272 g/mol. The second-order valence-electron chi connectivity index (χ2n) is 3.61. The van der Waals surface area contributed by atoms with Gasteiger partial charge in [0.15, 0.2) is 0 Å². The van der Waals surface area contributed by atoms with Crippen molar-refractivity contribution in [3.63, 3.8) is 0 Å². The Morgan fingerprint density at radius 3 is 2.78 bits per heavy atom. The first-order valence-electron chi connectivity index (χ1n) is 4.98. The third-order valence-corrected chi connectivity index (χ3v) is 3.78. The summed E-state index contributed by atoms with van der Waals surface area (Å²) in [6.45, 7) is 1.74. The standard InChI is InChI=1S/C11H8N2O3S2/c1-6(9-10(14)12-11(17)18-9)7-3-2-4-8(5-7)13(15)16/h2-5H,1H3,(H,12,14,17)/b9-6+. The number of allylic oxidation sites excluding steroid dienone is 1. The fourth-order valence-corrected chi connectivity index (χ4v) is 2.63. The summed E-state index contributed by atoms with van der Waals surface area (Å²) < 4.78 is 0.403. The monoisotopic (exact) mass is 280 g/mol. The van der Waals surface area contributed by atoms with Crippen molar-refractivity contribution in [3.8, 4) is 0 Å². The van der Waals surface area contributed by atoms with Gasteiger partial charge in [0.2, 0.25) is 0 Å². The molecule has 0 spiro atoms. The number of thiocarbonyl (C=S) groups is 1. The predicted octanol–water partition coefficient (Wildman–Crippen LogP) is 2.47. The van der Waals surface area contributed by atoms with Crippen molar-refractivity contribution >= 4 is 45.5 Å². The highest BCUT2D eigenvalue weighted by Gasteiger charge is 2.25. The molecule has 1 fully saturated rings. The van der Waals surface area contributed by atoms with Gasteiger partial charge >= 0.3 is 0 Å². The van der Waals surface area contributed by atoms with Crippen molar-refractivity contribution in [2.75, 3.05) is 0 Å². The summed E-state index contributed by atoms with van der Waals surface area (Å²) in [5.41, 5.74) is 1.33. The molecule has 0 aliphatic carbocycles. The minimum Gasteiger partial charge on any atom is -0.307 e. The number of carbonyl (C=O) groups excluding carboxylic acids is 1. The lowest BCUT2D eigenvalue weighted by molar-refractivity contribution is -0.384. The molecule has 0 atom stereocenters. The van der Waals surface area contributed by atoms with Crippen LogP contribution in [0.5, 0.6) is 0 Å². The smallest absolute Gasteiger partial charge is 0.270 e. The summed E-state index contributed by atoms with van der Waals surface area (Å²) in [5, 5.41) is 13.2. The van der Waals surface area contributed by atoms with E-state index < -0.39 is 4.92 Å². The van der Waals surface area contributed by atoms with Crippen LogP contribution in [0, 0.1) is 10.1 Å². The Labute approximate surface area is 112 Å². The van der Waals surface area contributed by atoms with E-state index in [1.54, 1.807) is 19.1 Å². The second-order valence-corrected chi connectivity index (χ2v) is 5.29. The van der Waals surface area contributed by atoms with Gasteiger partial charge in [0, 0.05) is 12.1 Å². The van der Waals surface area contributed by atoms with Gasteiger partial charge in [-0.3, -0.25) is 14.9 Å². The predicted molar refractivity (Wildman–Crippen MR) is 74.0 cm³/mol. The van der Waals surface area contributed by atoms with E-state index in [1.807, 2.05) is 0 Å². The molecule has 1 amide bonds. The topological polar surface area (TPSA) is 72.2 Å². The molecule has 1 heterocycles. The molecule has 0 saturated carbocycles. The number of nitro groups is 1. The Morgan fingerprint density at radius 1 is 1.50 bits per heavy atom. The van der Waals surface area contributed by atoms with Gasteiger partial charge in [0.1, 0.15) is 4.32 Å². The highest BCUT2D eigenvalue weighted by molar-refractivity contribution is 8.26. The molecule has 1 aliphatic rings. The van der Waals surface area contributed by atoms with Crippen LogP contribution in [-0.2, 0) is 4.79 Å². The van der Waals surface area contributed by atoms with Gasteiger partial charge in [-0.05, 0) is 18.1 Å². The first kappa shape index (κ1) is 12.7. The molecule has 5 nitrogen and oxygen atoms in total. The zero-order valence-electron chi connectivity index (χ0n) is 9.30. The van der Waals surface area contributed by atoms with Crippen molar-refractivity contribution < 1.29 is 9.72 Å². The van der Waals surface area contributed by atoms with Crippen molar-refractivity contribution in [3.05, 3.63) is 44.8 Å². The number of benzene rings is 1. The minimum absolute atomic E-state index is 0.00145. The van der Waals surface area contributed by atoms with Crippen LogP contribution in [0.25, 0.3) is 5.57 Å². The molecule has 1 aromatic carbocycles. The van der Waals surface area contributed by atoms with Crippen molar-refractivity contribution in [1.29, 1.82) is 0 Å². The first-order valence-corrected chi connectivity index (χ1v) is 6.20. The number of nitrogens with zero attached hydrogens (tertiary/aromatic N) is 1. The summed E-state index contributed by atoms with van der Waals surface area (Å²) >= 11 is 6.07. The van der Waals surface area contributed by atoms with E-state index in [4.69, 9.17) is 12.2 Å². The molecule has 2 rings (SSSR count). The van der Waals surface area contributed by atoms with Crippen LogP contribution < -0.4 is 5.32 Å². The summed E-state index contributed by atoms with van der Waals surface area (Å²) in [6, 6.07) is 6.17. The van der Waals surface area contributed by atoms with Crippen LogP contribution >= 0.6 is 24.0 Å². The normalized spacial score (nSPS) is 17.6. The fraction of sp³-hybridized carbons (Fsp3) is 0.0909. The quantitative estimate of drug-likeness (QED) is 0.390. The minimum atomic E-state index is -0.464. The maximum absolute atomic E-state index is 11.6. The molecule has 92 valence electrons. The Morgan fingerprint density at radius 2 is 2.22 bits per heavy atom. The average molecular weight is 280 g/mol. The van der Waals surface area contributed by atoms with E-state index in [1.165, 1.54) is 23.9 Å². The van der Waals surface area contributed by atoms with Gasteiger partial charge in [0.25, 0.3) is 11.6 Å².